The van der Waals surface area contributed by atoms with Gasteiger partial charge in [0.15, 0.2) is 0 Å². The molecule has 3 aromatic rings. The van der Waals surface area contributed by atoms with Crippen molar-refractivity contribution in [3.05, 3.63) is 95.9 Å². The first-order chi connectivity index (χ1) is 15.3. The fourth-order valence-corrected chi connectivity index (χ4v) is 2.96. The van der Waals surface area contributed by atoms with Gasteiger partial charge in [0.25, 0.3) is 11.6 Å². The third-order valence-electron chi connectivity index (χ3n) is 3.88. The highest BCUT2D eigenvalue weighted by Gasteiger charge is 2.38. The van der Waals surface area contributed by atoms with E-state index in [0.717, 1.165) is 6.07 Å². The summed E-state index contributed by atoms with van der Waals surface area (Å²) in [4.78, 5) is 21.6. The zero-order valence-electron chi connectivity index (χ0n) is 16.1. The number of carbonyl (C=O) groups excluding carboxylic acids is 1. The minimum Gasteiger partial charge on any atom is -0.399 e. The van der Waals surface area contributed by atoms with E-state index in [9.17, 15) is 28.1 Å². The molecule has 6 nitrogen and oxygen atoms in total. The Morgan fingerprint density at radius 2 is 1.45 bits per heavy atom. The van der Waals surface area contributed by atoms with Crippen molar-refractivity contribution in [3.8, 4) is 0 Å². The SMILES string of the molecule is Nc1ccc(Cl)c(Cl)c1.O=C(Nc1ccc(Cl)c(Cl)c1)c1ccc([N+](=O)[O-])c(C(F)(F)F)c1. The molecule has 0 fully saturated rings. The van der Waals surface area contributed by atoms with E-state index < -0.39 is 28.3 Å². The third-order valence-corrected chi connectivity index (χ3v) is 5.36. The van der Waals surface area contributed by atoms with Crippen LogP contribution in [0.1, 0.15) is 15.9 Å². The molecule has 0 aliphatic heterocycles. The number of amides is 1. The summed E-state index contributed by atoms with van der Waals surface area (Å²) in [6, 6.07) is 11.1. The number of alkyl halides is 3. The topological polar surface area (TPSA) is 98.3 Å². The molecular formula is C20H12Cl4F3N3O3. The third kappa shape index (κ3) is 7.40. The minimum absolute atomic E-state index is 0.147. The lowest BCUT2D eigenvalue weighted by atomic mass is 10.1. The number of nitro groups is 1. The van der Waals surface area contributed by atoms with Gasteiger partial charge in [0.2, 0.25) is 0 Å². The molecule has 0 bridgehead atoms. The second-order valence-electron chi connectivity index (χ2n) is 6.24. The molecule has 0 heterocycles. The number of hydrogen-bond donors (Lipinski definition) is 2. The normalized spacial score (nSPS) is 10.8. The van der Waals surface area contributed by atoms with Crippen LogP contribution in [0.2, 0.25) is 20.1 Å². The van der Waals surface area contributed by atoms with Crippen LogP contribution in [0.4, 0.5) is 30.2 Å². The number of nitrogen functional groups attached to an aromatic ring is 1. The van der Waals surface area contributed by atoms with Crippen molar-refractivity contribution in [2.75, 3.05) is 11.1 Å². The van der Waals surface area contributed by atoms with Crippen molar-refractivity contribution in [1.82, 2.24) is 0 Å². The molecule has 0 radical (unpaired) electrons. The molecule has 0 aliphatic rings. The minimum atomic E-state index is -4.97. The molecule has 0 atom stereocenters. The molecule has 0 saturated heterocycles. The van der Waals surface area contributed by atoms with Crippen LogP contribution in [0, 0.1) is 10.1 Å². The molecular weight excluding hydrogens is 529 g/mol. The molecule has 3 rings (SSSR count). The number of nitrogens with two attached hydrogens (primary N) is 1. The summed E-state index contributed by atoms with van der Waals surface area (Å²) < 4.78 is 38.7. The summed E-state index contributed by atoms with van der Waals surface area (Å²) in [6.07, 6.45) is -4.97. The summed E-state index contributed by atoms with van der Waals surface area (Å²) in [5.41, 5.74) is 3.20. The molecule has 0 saturated carbocycles. The Balaban J connectivity index is 0.000000357. The van der Waals surface area contributed by atoms with Crippen LogP contribution in [0.25, 0.3) is 0 Å². The fourth-order valence-electron chi connectivity index (χ4n) is 2.35. The first-order valence-electron chi connectivity index (χ1n) is 8.62. The van der Waals surface area contributed by atoms with Crippen molar-refractivity contribution in [2.45, 2.75) is 6.18 Å². The number of nitro benzene ring substituents is 1. The van der Waals surface area contributed by atoms with E-state index >= 15 is 0 Å². The number of anilines is 2. The number of hydrogen-bond acceptors (Lipinski definition) is 4. The Kier molecular flexibility index (Phi) is 8.79. The largest absolute Gasteiger partial charge is 0.423 e. The van der Waals surface area contributed by atoms with E-state index in [0.29, 0.717) is 27.9 Å². The van der Waals surface area contributed by atoms with Gasteiger partial charge < -0.3 is 11.1 Å². The lowest BCUT2D eigenvalue weighted by Gasteiger charge is -2.10. The molecule has 0 spiro atoms. The van der Waals surface area contributed by atoms with E-state index in [1.54, 1.807) is 18.2 Å². The van der Waals surface area contributed by atoms with Gasteiger partial charge in [0, 0.05) is 23.0 Å². The first-order valence-corrected chi connectivity index (χ1v) is 10.1. The lowest BCUT2D eigenvalue weighted by Crippen LogP contribution is -2.15. The number of benzene rings is 3. The van der Waals surface area contributed by atoms with E-state index in [4.69, 9.17) is 52.1 Å². The zero-order chi connectivity index (χ0) is 24.9. The van der Waals surface area contributed by atoms with Crippen molar-refractivity contribution in [3.63, 3.8) is 0 Å². The fraction of sp³-hybridized carbons (Fsp3) is 0.0500. The number of rotatable bonds is 3. The van der Waals surface area contributed by atoms with E-state index in [1.165, 1.54) is 18.2 Å². The van der Waals surface area contributed by atoms with Gasteiger partial charge in [0.1, 0.15) is 5.56 Å². The van der Waals surface area contributed by atoms with Gasteiger partial charge in [-0.15, -0.1) is 0 Å². The number of nitrogens with zero attached hydrogens (tertiary/aromatic N) is 1. The van der Waals surface area contributed by atoms with Crippen LogP contribution in [0.5, 0.6) is 0 Å². The smallest absolute Gasteiger partial charge is 0.399 e. The van der Waals surface area contributed by atoms with Crippen LogP contribution in [-0.4, -0.2) is 10.8 Å². The highest BCUT2D eigenvalue weighted by Crippen LogP contribution is 2.36. The molecule has 0 aromatic heterocycles. The van der Waals surface area contributed by atoms with Crippen molar-refractivity contribution in [1.29, 1.82) is 0 Å². The van der Waals surface area contributed by atoms with E-state index in [-0.39, 0.29) is 21.3 Å². The van der Waals surface area contributed by atoms with Crippen LogP contribution >= 0.6 is 46.4 Å². The summed E-state index contributed by atoms with van der Waals surface area (Å²) >= 11 is 22.7. The van der Waals surface area contributed by atoms with Gasteiger partial charge in [-0.2, -0.15) is 13.2 Å². The highest BCUT2D eigenvalue weighted by molar-refractivity contribution is 6.42. The number of nitrogens with one attached hydrogen (secondary N) is 1. The second kappa shape index (κ2) is 10.9. The molecule has 33 heavy (non-hydrogen) atoms. The Bertz CT molecular complexity index is 1210. The van der Waals surface area contributed by atoms with Crippen molar-refractivity contribution in [2.24, 2.45) is 0 Å². The van der Waals surface area contributed by atoms with Crippen molar-refractivity contribution >= 4 is 69.4 Å². The number of carbonyl (C=O) groups is 1. The maximum Gasteiger partial charge on any atom is 0.423 e. The van der Waals surface area contributed by atoms with Gasteiger partial charge in [-0.05, 0) is 48.5 Å². The van der Waals surface area contributed by atoms with Gasteiger partial charge in [-0.3, -0.25) is 14.9 Å². The second-order valence-corrected chi connectivity index (χ2v) is 7.87. The lowest BCUT2D eigenvalue weighted by molar-refractivity contribution is -0.388. The predicted molar refractivity (Wildman–Crippen MR) is 123 cm³/mol. The molecule has 0 aliphatic carbocycles. The summed E-state index contributed by atoms with van der Waals surface area (Å²) in [5.74, 6) is -0.881. The van der Waals surface area contributed by atoms with Gasteiger partial charge in [-0.25, -0.2) is 0 Å². The molecule has 3 aromatic carbocycles. The quantitative estimate of drug-likeness (QED) is 0.201. The Morgan fingerprint density at radius 3 is 1.94 bits per heavy atom. The van der Waals surface area contributed by atoms with Crippen LogP contribution in [-0.2, 0) is 6.18 Å². The van der Waals surface area contributed by atoms with Gasteiger partial charge in [-0.1, -0.05) is 46.4 Å². The number of halogens is 7. The summed E-state index contributed by atoms with van der Waals surface area (Å²) in [6.45, 7) is 0. The maximum atomic E-state index is 12.9. The Morgan fingerprint density at radius 1 is 0.879 bits per heavy atom. The van der Waals surface area contributed by atoms with Crippen molar-refractivity contribution < 1.29 is 22.9 Å². The standard InChI is InChI=1S/C14H7Cl2F3N2O3.C6H5Cl2N/c15-10-3-2-8(6-11(10)16)20-13(22)7-1-4-12(21(23)24)9(5-7)14(17,18)19;7-5-2-1-4(9)3-6(5)8/h1-6H,(H,20,22);1-3H,9H2. The summed E-state index contributed by atoms with van der Waals surface area (Å²) in [7, 11) is 0. The summed E-state index contributed by atoms with van der Waals surface area (Å²) in [5, 5.41) is 14.4. The van der Waals surface area contributed by atoms with E-state index in [1.807, 2.05) is 0 Å². The highest BCUT2D eigenvalue weighted by atomic mass is 35.5. The maximum absolute atomic E-state index is 12.9. The van der Waals surface area contributed by atoms with E-state index in [2.05, 4.69) is 5.32 Å². The molecule has 3 N–H and O–H groups in total. The van der Waals surface area contributed by atoms with Gasteiger partial charge >= 0.3 is 6.18 Å². The molecule has 0 unspecified atom stereocenters. The first kappa shape index (κ1) is 26.5. The van der Waals surface area contributed by atoms with Gasteiger partial charge in [0.05, 0.1) is 25.0 Å². The van der Waals surface area contributed by atoms with Crippen LogP contribution in [0.15, 0.2) is 54.6 Å². The molecule has 174 valence electrons. The average molecular weight is 541 g/mol. The Labute approximate surface area is 205 Å². The Hall–Kier alpha value is -2.72. The zero-order valence-corrected chi connectivity index (χ0v) is 19.1. The molecule has 1 amide bonds. The van der Waals surface area contributed by atoms with Crippen LogP contribution in [0.3, 0.4) is 0 Å². The predicted octanol–water partition coefficient (Wildman–Crippen LogP) is 7.75. The average Bonchev–Trinajstić information content (AvgIpc) is 2.73. The molecule has 13 heteroatoms. The van der Waals surface area contributed by atoms with Crippen LogP contribution < -0.4 is 11.1 Å². The monoisotopic (exact) mass is 539 g/mol.